The van der Waals surface area contributed by atoms with E-state index in [2.05, 4.69) is 24.1 Å². The van der Waals surface area contributed by atoms with Gasteiger partial charge in [-0.2, -0.15) is 0 Å². The molecule has 0 aromatic heterocycles. The molecule has 1 aromatic rings. The first-order chi connectivity index (χ1) is 15.3. The summed E-state index contributed by atoms with van der Waals surface area (Å²) in [6, 6.07) is 5.54. The number of piperazine rings is 1. The van der Waals surface area contributed by atoms with Gasteiger partial charge in [-0.1, -0.05) is 27.7 Å². The van der Waals surface area contributed by atoms with Crippen molar-refractivity contribution >= 4 is 29.1 Å². The first-order valence-electron chi connectivity index (χ1n) is 11.6. The molecule has 0 radical (unpaired) electrons. The van der Waals surface area contributed by atoms with E-state index in [1.165, 1.54) is 0 Å². The van der Waals surface area contributed by atoms with Crippen LogP contribution < -0.4 is 10.2 Å². The molecule has 176 valence electrons. The van der Waals surface area contributed by atoms with Crippen LogP contribution in [0.5, 0.6) is 0 Å². The molecule has 2 aliphatic heterocycles. The van der Waals surface area contributed by atoms with Crippen molar-refractivity contribution in [1.29, 1.82) is 0 Å². The predicted octanol–water partition coefficient (Wildman–Crippen LogP) is 2.45. The molecule has 8 nitrogen and oxygen atoms in total. The Bertz CT molecular complexity index is 825. The number of carbonyl (C=O) groups is 3. The maximum atomic E-state index is 13.4. The second kappa shape index (κ2) is 10.8. The Morgan fingerprint density at radius 2 is 1.59 bits per heavy atom. The summed E-state index contributed by atoms with van der Waals surface area (Å²) >= 11 is 0. The lowest BCUT2D eigenvalue weighted by atomic mass is 10.1. The van der Waals surface area contributed by atoms with Gasteiger partial charge in [0.1, 0.15) is 0 Å². The third-order valence-electron chi connectivity index (χ3n) is 5.87. The van der Waals surface area contributed by atoms with E-state index in [0.29, 0.717) is 76.1 Å². The van der Waals surface area contributed by atoms with Crippen LogP contribution in [0.2, 0.25) is 0 Å². The quantitative estimate of drug-likeness (QED) is 0.729. The van der Waals surface area contributed by atoms with E-state index >= 15 is 0 Å². The van der Waals surface area contributed by atoms with Crippen LogP contribution in [-0.4, -0.2) is 80.0 Å². The number of hydrogen-bond donors (Lipinski definition) is 1. The molecule has 0 saturated carbocycles. The number of rotatable bonds is 6. The number of amides is 3. The summed E-state index contributed by atoms with van der Waals surface area (Å²) in [6.45, 7) is 12.6. The highest BCUT2D eigenvalue weighted by Gasteiger charge is 2.27. The molecule has 2 fully saturated rings. The Balaban J connectivity index is 1.80. The Kier molecular flexibility index (Phi) is 8.12. The topological polar surface area (TPSA) is 82.2 Å². The normalized spacial score (nSPS) is 17.1. The minimum atomic E-state index is -0.149. The van der Waals surface area contributed by atoms with Gasteiger partial charge in [-0.3, -0.25) is 14.4 Å². The van der Waals surface area contributed by atoms with E-state index in [0.717, 1.165) is 5.69 Å². The average molecular weight is 445 g/mol. The summed E-state index contributed by atoms with van der Waals surface area (Å²) in [5.41, 5.74) is 2.05. The highest BCUT2D eigenvalue weighted by Crippen LogP contribution is 2.28. The predicted molar refractivity (Wildman–Crippen MR) is 125 cm³/mol. The average Bonchev–Trinajstić information content (AvgIpc) is 2.78. The summed E-state index contributed by atoms with van der Waals surface area (Å²) in [5, 5.41) is 2.90. The van der Waals surface area contributed by atoms with Crippen LogP contribution >= 0.6 is 0 Å². The molecule has 0 spiro atoms. The highest BCUT2D eigenvalue weighted by molar-refractivity contribution is 6.02. The van der Waals surface area contributed by atoms with Gasteiger partial charge in [0.25, 0.3) is 5.91 Å². The monoisotopic (exact) mass is 444 g/mol. The molecule has 2 saturated heterocycles. The number of hydrogen-bond acceptors (Lipinski definition) is 5. The standard InChI is InChI=1S/C24H36N4O4/c1-17(2)15-22(29)27-9-7-26(8-10-27)21-6-5-19(25-23(30)18(3)4)16-20(21)24(31)28-11-13-32-14-12-28/h5-6,16-18H,7-15H2,1-4H3,(H,25,30). The Morgan fingerprint density at radius 1 is 0.938 bits per heavy atom. The van der Waals surface area contributed by atoms with Gasteiger partial charge in [-0.05, 0) is 24.1 Å². The first-order valence-corrected chi connectivity index (χ1v) is 11.6. The fourth-order valence-electron chi connectivity index (χ4n) is 3.96. The molecule has 2 heterocycles. The zero-order valence-electron chi connectivity index (χ0n) is 19.7. The van der Waals surface area contributed by atoms with Crippen LogP contribution in [0.3, 0.4) is 0 Å². The van der Waals surface area contributed by atoms with Gasteiger partial charge in [-0.25, -0.2) is 0 Å². The molecular formula is C24H36N4O4. The van der Waals surface area contributed by atoms with Gasteiger partial charge in [-0.15, -0.1) is 0 Å². The largest absolute Gasteiger partial charge is 0.378 e. The van der Waals surface area contributed by atoms with Crippen molar-refractivity contribution in [3.8, 4) is 0 Å². The lowest BCUT2D eigenvalue weighted by Crippen LogP contribution is -2.49. The second-order valence-electron chi connectivity index (χ2n) is 9.25. The van der Waals surface area contributed by atoms with Crippen LogP contribution in [0.1, 0.15) is 44.5 Å². The maximum Gasteiger partial charge on any atom is 0.256 e. The number of nitrogens with one attached hydrogen (secondary N) is 1. The molecule has 32 heavy (non-hydrogen) atoms. The maximum absolute atomic E-state index is 13.4. The van der Waals surface area contributed by atoms with Crippen LogP contribution in [-0.2, 0) is 14.3 Å². The van der Waals surface area contributed by atoms with Crippen molar-refractivity contribution in [3.05, 3.63) is 23.8 Å². The van der Waals surface area contributed by atoms with Gasteiger partial charge >= 0.3 is 0 Å². The van der Waals surface area contributed by atoms with E-state index in [9.17, 15) is 14.4 Å². The molecule has 1 aromatic carbocycles. The van der Waals surface area contributed by atoms with E-state index in [-0.39, 0.29) is 23.6 Å². The smallest absolute Gasteiger partial charge is 0.256 e. The molecule has 0 unspecified atom stereocenters. The van der Waals surface area contributed by atoms with E-state index in [1.807, 2.05) is 30.9 Å². The summed E-state index contributed by atoms with van der Waals surface area (Å²) in [7, 11) is 0. The number of carbonyl (C=O) groups excluding carboxylic acids is 3. The fourth-order valence-corrected chi connectivity index (χ4v) is 3.96. The lowest BCUT2D eigenvalue weighted by molar-refractivity contribution is -0.132. The lowest BCUT2D eigenvalue weighted by Gasteiger charge is -2.38. The van der Waals surface area contributed by atoms with Gasteiger partial charge < -0.3 is 24.8 Å². The number of morpholine rings is 1. The highest BCUT2D eigenvalue weighted by atomic mass is 16.5. The van der Waals surface area contributed by atoms with Crippen molar-refractivity contribution in [2.75, 3.05) is 62.7 Å². The van der Waals surface area contributed by atoms with E-state index < -0.39 is 0 Å². The van der Waals surface area contributed by atoms with Gasteiger partial charge in [0.05, 0.1) is 18.8 Å². The Hall–Kier alpha value is -2.61. The molecule has 3 rings (SSSR count). The zero-order valence-corrected chi connectivity index (χ0v) is 19.7. The number of anilines is 2. The number of ether oxygens (including phenoxy) is 1. The van der Waals surface area contributed by atoms with Crippen molar-refractivity contribution in [3.63, 3.8) is 0 Å². The molecule has 0 bridgehead atoms. The van der Waals surface area contributed by atoms with Gasteiger partial charge in [0, 0.05) is 63.0 Å². The third-order valence-corrected chi connectivity index (χ3v) is 5.87. The minimum absolute atomic E-state index is 0.0535. The van der Waals surface area contributed by atoms with Crippen molar-refractivity contribution in [2.24, 2.45) is 11.8 Å². The molecule has 8 heteroatoms. The van der Waals surface area contributed by atoms with Crippen molar-refractivity contribution < 1.29 is 19.1 Å². The molecule has 0 atom stereocenters. The molecule has 1 N–H and O–H groups in total. The summed E-state index contributed by atoms with van der Waals surface area (Å²) in [5.74, 6) is 0.245. The molecular weight excluding hydrogens is 408 g/mol. The van der Waals surface area contributed by atoms with Crippen LogP contribution in [0.25, 0.3) is 0 Å². The van der Waals surface area contributed by atoms with Crippen molar-refractivity contribution in [2.45, 2.75) is 34.1 Å². The zero-order chi connectivity index (χ0) is 23.3. The van der Waals surface area contributed by atoms with Crippen LogP contribution in [0.15, 0.2) is 18.2 Å². The van der Waals surface area contributed by atoms with E-state index in [1.54, 1.807) is 11.0 Å². The second-order valence-corrected chi connectivity index (χ2v) is 9.25. The molecule has 0 aliphatic carbocycles. The molecule has 3 amide bonds. The summed E-state index contributed by atoms with van der Waals surface area (Å²) in [4.78, 5) is 43.9. The van der Waals surface area contributed by atoms with Crippen molar-refractivity contribution in [1.82, 2.24) is 9.80 Å². The Morgan fingerprint density at radius 3 is 2.19 bits per heavy atom. The molecule has 2 aliphatic rings. The Labute approximate surface area is 190 Å². The van der Waals surface area contributed by atoms with E-state index in [4.69, 9.17) is 4.74 Å². The SMILES string of the molecule is CC(C)CC(=O)N1CCN(c2ccc(NC(=O)C(C)C)cc2C(=O)N2CCOCC2)CC1. The summed E-state index contributed by atoms with van der Waals surface area (Å²) < 4.78 is 5.40. The summed E-state index contributed by atoms with van der Waals surface area (Å²) in [6.07, 6.45) is 0.561. The third kappa shape index (κ3) is 6.00. The number of nitrogens with zero attached hydrogens (tertiary/aromatic N) is 3. The fraction of sp³-hybridized carbons (Fsp3) is 0.625. The minimum Gasteiger partial charge on any atom is -0.378 e. The van der Waals surface area contributed by atoms with Crippen LogP contribution in [0.4, 0.5) is 11.4 Å². The van der Waals surface area contributed by atoms with Crippen LogP contribution in [0, 0.1) is 11.8 Å². The van der Waals surface area contributed by atoms with Gasteiger partial charge in [0.15, 0.2) is 0 Å². The van der Waals surface area contributed by atoms with Gasteiger partial charge in [0.2, 0.25) is 11.8 Å². The number of benzene rings is 1. The first kappa shape index (κ1) is 24.0.